The molecule has 0 aromatic rings. The fourth-order valence-electron chi connectivity index (χ4n) is 6.52. The van der Waals surface area contributed by atoms with Gasteiger partial charge >= 0.3 is 11.9 Å². The van der Waals surface area contributed by atoms with Gasteiger partial charge < -0.3 is 64.2 Å². The van der Waals surface area contributed by atoms with Crippen molar-refractivity contribution in [2.45, 2.75) is 184 Å². The standard InChI is InChI=1S/C49H78O15/c1-3-5-7-9-11-13-15-17-19-21-23-25-27-29-31-40(51)59-34-37(62-41(52)32-30-28-26-24-22-20-18-16-14-12-10-8-6-4-2)35-60-48-47(58)45(56)43(54)39(64-48)36-61-49-46(57)44(55)42(53)38(33-50)63-49/h9,11,15-18,21-24,27-30,37-39,42-50,53-58H,3-8,10,12-14,19-20,25-26,31-36H2,1-2H3/t37-,38-,39-,42+,43+,44?,45?,46?,47?,48-,49+/m1/s1. The first-order valence-corrected chi connectivity index (χ1v) is 23.2. The molecular weight excluding hydrogens is 829 g/mol. The molecule has 0 spiro atoms. The normalized spacial score (nSPS) is 27.4. The van der Waals surface area contributed by atoms with Gasteiger partial charge in [0.05, 0.1) is 32.7 Å². The Kier molecular flexibility index (Phi) is 31.8. The second-order valence-corrected chi connectivity index (χ2v) is 15.9. The van der Waals surface area contributed by atoms with Crippen molar-refractivity contribution < 1.29 is 73.8 Å². The maximum atomic E-state index is 12.9. The van der Waals surface area contributed by atoms with Crippen molar-refractivity contribution in [3.05, 3.63) is 85.1 Å². The molecule has 11 atom stereocenters. The third-order valence-electron chi connectivity index (χ3n) is 10.4. The molecule has 0 saturated carbocycles. The van der Waals surface area contributed by atoms with Crippen molar-refractivity contribution in [2.75, 3.05) is 26.4 Å². The summed E-state index contributed by atoms with van der Waals surface area (Å²) in [5.74, 6) is -1.22. The number of carbonyl (C=O) groups is 2. The molecule has 0 aromatic carbocycles. The molecule has 4 unspecified atom stereocenters. The number of carbonyl (C=O) groups excluding carboxylic acids is 2. The topological polar surface area (TPSA) is 231 Å². The highest BCUT2D eigenvalue weighted by atomic mass is 16.7. The highest BCUT2D eigenvalue weighted by molar-refractivity contribution is 5.72. The second kappa shape index (κ2) is 35.9. The quantitative estimate of drug-likeness (QED) is 0.0253. The van der Waals surface area contributed by atoms with E-state index in [1.807, 2.05) is 30.4 Å². The number of rotatable bonds is 33. The molecule has 2 heterocycles. The average molecular weight is 907 g/mol. The van der Waals surface area contributed by atoms with E-state index < -0.39 is 106 Å². The molecule has 2 fully saturated rings. The summed E-state index contributed by atoms with van der Waals surface area (Å²) in [5.41, 5.74) is 0. The van der Waals surface area contributed by atoms with Crippen LogP contribution in [0.1, 0.15) is 117 Å². The molecule has 0 radical (unpaired) electrons. The highest BCUT2D eigenvalue weighted by Gasteiger charge is 2.47. The predicted octanol–water partition coefficient (Wildman–Crippen LogP) is 5.26. The van der Waals surface area contributed by atoms with Crippen LogP contribution in [0.25, 0.3) is 0 Å². The molecule has 0 aromatic heterocycles. The van der Waals surface area contributed by atoms with Gasteiger partial charge in [0.25, 0.3) is 0 Å². The van der Waals surface area contributed by atoms with Crippen molar-refractivity contribution in [2.24, 2.45) is 0 Å². The number of unbranched alkanes of at least 4 members (excludes halogenated alkanes) is 7. The lowest BCUT2D eigenvalue weighted by molar-refractivity contribution is -0.332. The van der Waals surface area contributed by atoms with Gasteiger partial charge in [-0.25, -0.2) is 0 Å². The number of esters is 2. The van der Waals surface area contributed by atoms with E-state index in [4.69, 9.17) is 28.4 Å². The Bertz CT molecular complexity index is 1440. The Morgan fingerprint density at radius 3 is 1.50 bits per heavy atom. The maximum Gasteiger partial charge on any atom is 0.310 e. The highest BCUT2D eigenvalue weighted by Crippen LogP contribution is 2.26. The predicted molar refractivity (Wildman–Crippen MR) is 242 cm³/mol. The van der Waals surface area contributed by atoms with Crippen LogP contribution in [-0.2, 0) is 38.0 Å². The third-order valence-corrected chi connectivity index (χ3v) is 10.4. The van der Waals surface area contributed by atoms with Crippen LogP contribution in [0, 0.1) is 0 Å². The molecule has 2 rings (SSSR count). The summed E-state index contributed by atoms with van der Waals surface area (Å²) < 4.78 is 33.2. The van der Waals surface area contributed by atoms with Crippen LogP contribution in [0.5, 0.6) is 0 Å². The first kappa shape index (κ1) is 56.8. The van der Waals surface area contributed by atoms with E-state index in [1.54, 1.807) is 12.2 Å². The molecular formula is C49H78O15. The van der Waals surface area contributed by atoms with Gasteiger partial charge in [-0.05, 0) is 51.4 Å². The maximum absolute atomic E-state index is 12.9. The number of aliphatic hydroxyl groups is 7. The van der Waals surface area contributed by atoms with Crippen LogP contribution in [0.2, 0.25) is 0 Å². The summed E-state index contributed by atoms with van der Waals surface area (Å²) in [5, 5.41) is 71.8. The van der Waals surface area contributed by atoms with E-state index in [1.165, 1.54) is 44.9 Å². The van der Waals surface area contributed by atoms with Crippen LogP contribution in [0.15, 0.2) is 85.1 Å². The summed E-state index contributed by atoms with van der Waals surface area (Å²) in [6.45, 7) is 2.29. The van der Waals surface area contributed by atoms with E-state index in [9.17, 15) is 45.3 Å². The van der Waals surface area contributed by atoms with Gasteiger partial charge in [0.1, 0.15) is 55.4 Å². The summed E-state index contributed by atoms with van der Waals surface area (Å²) >= 11 is 0. The smallest absolute Gasteiger partial charge is 0.310 e. The zero-order valence-corrected chi connectivity index (χ0v) is 38.0. The van der Waals surface area contributed by atoms with Crippen LogP contribution < -0.4 is 0 Å². The number of hydrogen-bond acceptors (Lipinski definition) is 15. The molecule has 15 heteroatoms. The molecule has 2 saturated heterocycles. The van der Waals surface area contributed by atoms with Crippen LogP contribution >= 0.6 is 0 Å². The average Bonchev–Trinajstić information content (AvgIpc) is 3.29. The first-order chi connectivity index (χ1) is 31.0. The number of aliphatic hydroxyl groups excluding tert-OH is 7. The largest absolute Gasteiger partial charge is 0.461 e. The summed E-state index contributed by atoms with van der Waals surface area (Å²) in [4.78, 5) is 25.5. The van der Waals surface area contributed by atoms with E-state index in [-0.39, 0.29) is 12.8 Å². The fraction of sp³-hybridized carbons (Fsp3) is 0.673. The zero-order valence-electron chi connectivity index (χ0n) is 38.0. The lowest BCUT2D eigenvalue weighted by atomic mass is 9.98. The summed E-state index contributed by atoms with van der Waals surface area (Å²) in [6.07, 6.45) is 25.4. The molecule has 364 valence electrons. The lowest BCUT2D eigenvalue weighted by Crippen LogP contribution is -2.61. The molecule has 64 heavy (non-hydrogen) atoms. The number of allylic oxidation sites excluding steroid dienone is 12. The minimum Gasteiger partial charge on any atom is -0.461 e. The SMILES string of the molecule is CCCCC=CCC=CCC=CCC=CCC(=O)OC[C@H](CO[C@@H]1O[C@H](CO[C@H]2O[C@H](CO)[C@H](O)C(O)C2O)[C@H](O)C(O)C1O)OC(=O)CC=CCC=CCC=CCCCCCCC. The minimum atomic E-state index is -1.79. The Labute approximate surface area is 380 Å². The molecule has 2 aliphatic rings. The van der Waals surface area contributed by atoms with Crippen molar-refractivity contribution in [1.82, 2.24) is 0 Å². The Morgan fingerprint density at radius 1 is 0.500 bits per heavy atom. The monoisotopic (exact) mass is 907 g/mol. The van der Waals surface area contributed by atoms with Crippen LogP contribution in [0.3, 0.4) is 0 Å². The van der Waals surface area contributed by atoms with Crippen LogP contribution in [-0.4, -0.2) is 142 Å². The molecule has 0 bridgehead atoms. The van der Waals surface area contributed by atoms with E-state index >= 15 is 0 Å². The van der Waals surface area contributed by atoms with Gasteiger partial charge in [-0.15, -0.1) is 0 Å². The second-order valence-electron chi connectivity index (χ2n) is 15.9. The molecule has 0 amide bonds. The van der Waals surface area contributed by atoms with E-state index in [2.05, 4.69) is 56.4 Å². The van der Waals surface area contributed by atoms with Crippen LogP contribution in [0.4, 0.5) is 0 Å². The Balaban J connectivity index is 1.93. The number of ether oxygens (including phenoxy) is 6. The van der Waals surface area contributed by atoms with Crippen molar-refractivity contribution in [1.29, 1.82) is 0 Å². The van der Waals surface area contributed by atoms with Crippen molar-refractivity contribution in [3.63, 3.8) is 0 Å². The molecule has 15 nitrogen and oxygen atoms in total. The van der Waals surface area contributed by atoms with Gasteiger partial charge in [0.15, 0.2) is 18.7 Å². The van der Waals surface area contributed by atoms with Gasteiger partial charge in [0, 0.05) is 0 Å². The third kappa shape index (κ3) is 24.3. The molecule has 0 aliphatic carbocycles. The van der Waals surface area contributed by atoms with Gasteiger partial charge in [-0.2, -0.15) is 0 Å². The fourth-order valence-corrected chi connectivity index (χ4v) is 6.52. The summed E-state index contributed by atoms with van der Waals surface area (Å²) in [7, 11) is 0. The zero-order chi connectivity index (χ0) is 46.8. The number of hydrogen-bond donors (Lipinski definition) is 7. The van der Waals surface area contributed by atoms with Gasteiger partial charge in [-0.1, -0.05) is 137 Å². The van der Waals surface area contributed by atoms with E-state index in [0.717, 1.165) is 32.1 Å². The van der Waals surface area contributed by atoms with Crippen molar-refractivity contribution in [3.8, 4) is 0 Å². The minimum absolute atomic E-state index is 0.0324. The Morgan fingerprint density at radius 2 is 0.953 bits per heavy atom. The lowest BCUT2D eigenvalue weighted by Gasteiger charge is -2.42. The summed E-state index contributed by atoms with van der Waals surface area (Å²) in [6, 6.07) is 0. The van der Waals surface area contributed by atoms with Gasteiger partial charge in [0.2, 0.25) is 0 Å². The molecule has 7 N–H and O–H groups in total. The first-order valence-electron chi connectivity index (χ1n) is 23.2. The van der Waals surface area contributed by atoms with Crippen molar-refractivity contribution >= 4 is 11.9 Å². The van der Waals surface area contributed by atoms with Gasteiger partial charge in [-0.3, -0.25) is 9.59 Å². The van der Waals surface area contributed by atoms with E-state index in [0.29, 0.717) is 12.8 Å². The molecule has 2 aliphatic heterocycles. The Hall–Kier alpha value is -3.32.